The minimum Gasteiger partial charge on any atom is -0.343 e. The molecule has 2 aromatic rings. The maximum absolute atomic E-state index is 11.5. The predicted molar refractivity (Wildman–Crippen MR) is 68.9 cm³/mol. The van der Waals surface area contributed by atoms with Crippen LogP contribution < -0.4 is 5.48 Å². The van der Waals surface area contributed by atoms with Crippen LogP contribution in [0.25, 0.3) is 0 Å². The van der Waals surface area contributed by atoms with Gasteiger partial charge < -0.3 is 4.84 Å². The smallest absolute Gasteiger partial charge is 0.337 e. The van der Waals surface area contributed by atoms with Crippen molar-refractivity contribution in [2.75, 3.05) is 5.48 Å². The Labute approximate surface area is 104 Å². The van der Waals surface area contributed by atoms with Gasteiger partial charge in [-0.1, -0.05) is 24.3 Å². The number of aryl methyl sites for hydroxylation is 1. The van der Waals surface area contributed by atoms with Crippen molar-refractivity contribution in [3.05, 3.63) is 52.2 Å². The van der Waals surface area contributed by atoms with E-state index in [4.69, 9.17) is 4.84 Å². The van der Waals surface area contributed by atoms with Crippen molar-refractivity contribution in [2.45, 2.75) is 13.3 Å². The molecule has 1 aromatic heterocycles. The summed E-state index contributed by atoms with van der Waals surface area (Å²) < 4.78 is 0. The Balaban J connectivity index is 1.86. The van der Waals surface area contributed by atoms with Gasteiger partial charge in [0.15, 0.2) is 0 Å². The molecular weight excluding hydrogens is 234 g/mol. The third kappa shape index (κ3) is 3.32. The van der Waals surface area contributed by atoms with Gasteiger partial charge >= 0.3 is 5.97 Å². The van der Waals surface area contributed by atoms with Crippen molar-refractivity contribution in [3.8, 4) is 0 Å². The molecule has 0 atom stereocenters. The van der Waals surface area contributed by atoms with Gasteiger partial charge in [-0.05, 0) is 30.0 Å². The van der Waals surface area contributed by atoms with Crippen LogP contribution in [0.4, 0.5) is 5.69 Å². The van der Waals surface area contributed by atoms with E-state index in [1.54, 1.807) is 11.3 Å². The molecule has 0 saturated heterocycles. The van der Waals surface area contributed by atoms with Crippen LogP contribution in [-0.2, 0) is 16.1 Å². The Morgan fingerprint density at radius 2 is 2.12 bits per heavy atom. The fourth-order valence-corrected chi connectivity index (χ4v) is 2.08. The summed E-state index contributed by atoms with van der Waals surface area (Å²) in [4.78, 5) is 17.5. The quantitative estimate of drug-likeness (QED) is 0.843. The second kappa shape index (κ2) is 5.50. The predicted octanol–water partition coefficient (Wildman–Crippen LogP) is 3.17. The number of thiophene rings is 1. The minimum absolute atomic E-state index is 0.282. The van der Waals surface area contributed by atoms with Crippen LogP contribution in [-0.4, -0.2) is 5.97 Å². The number of carbonyl (C=O) groups excluding carboxylic acids is 1. The second-order valence-corrected chi connectivity index (χ2v) is 4.68. The number of carbonyl (C=O) groups is 1. The Morgan fingerprint density at radius 1 is 1.29 bits per heavy atom. The average Bonchev–Trinajstić information content (AvgIpc) is 2.81. The highest BCUT2D eigenvalue weighted by atomic mass is 32.1. The van der Waals surface area contributed by atoms with Crippen LogP contribution in [0.3, 0.4) is 0 Å². The lowest BCUT2D eigenvalue weighted by atomic mass is 10.2. The van der Waals surface area contributed by atoms with Crippen LogP contribution in [0.15, 0.2) is 41.8 Å². The first-order valence-corrected chi connectivity index (χ1v) is 6.17. The summed E-state index contributed by atoms with van der Waals surface area (Å²) >= 11 is 1.55. The lowest BCUT2D eigenvalue weighted by Crippen LogP contribution is -2.12. The third-order valence-corrected chi connectivity index (χ3v) is 3.19. The molecule has 3 nitrogen and oxygen atoms in total. The molecule has 0 saturated carbocycles. The van der Waals surface area contributed by atoms with Crippen molar-refractivity contribution >= 4 is 23.0 Å². The Morgan fingerprint density at radius 3 is 2.82 bits per heavy atom. The number of anilines is 1. The van der Waals surface area contributed by atoms with E-state index in [0.29, 0.717) is 6.42 Å². The highest BCUT2D eigenvalue weighted by Crippen LogP contribution is 2.14. The van der Waals surface area contributed by atoms with E-state index in [0.717, 1.165) is 16.1 Å². The van der Waals surface area contributed by atoms with E-state index in [9.17, 15) is 4.79 Å². The number of benzene rings is 1. The molecule has 0 aliphatic heterocycles. The van der Waals surface area contributed by atoms with Crippen LogP contribution in [0.5, 0.6) is 0 Å². The molecule has 1 heterocycles. The van der Waals surface area contributed by atoms with Crippen molar-refractivity contribution in [2.24, 2.45) is 0 Å². The molecule has 0 aliphatic rings. The molecule has 1 aromatic carbocycles. The molecule has 1 N–H and O–H groups in total. The molecule has 4 heteroatoms. The summed E-state index contributed by atoms with van der Waals surface area (Å²) in [6.45, 7) is 1.95. The standard InChI is InChI=1S/C13H13NO2S/c1-10-5-2-3-7-12(10)14-16-13(15)9-11-6-4-8-17-11/h2-8,14H,9H2,1H3. The third-order valence-electron chi connectivity index (χ3n) is 2.32. The zero-order chi connectivity index (χ0) is 12.1. The number of para-hydroxylation sites is 1. The SMILES string of the molecule is Cc1ccccc1NOC(=O)Cc1cccs1. The van der Waals surface area contributed by atoms with Gasteiger partial charge in [0.1, 0.15) is 0 Å². The largest absolute Gasteiger partial charge is 0.343 e. The molecule has 0 amide bonds. The van der Waals surface area contributed by atoms with Gasteiger partial charge in [0.2, 0.25) is 0 Å². The number of hydrogen-bond donors (Lipinski definition) is 1. The molecule has 88 valence electrons. The normalized spacial score (nSPS) is 9.94. The van der Waals surface area contributed by atoms with E-state index in [1.165, 1.54) is 0 Å². The Kier molecular flexibility index (Phi) is 3.77. The summed E-state index contributed by atoms with van der Waals surface area (Å²) in [7, 11) is 0. The molecule has 0 unspecified atom stereocenters. The monoisotopic (exact) mass is 247 g/mol. The van der Waals surface area contributed by atoms with Crippen molar-refractivity contribution in [1.29, 1.82) is 0 Å². The van der Waals surface area contributed by atoms with Crippen LogP contribution >= 0.6 is 11.3 Å². The summed E-state index contributed by atoms with van der Waals surface area (Å²) in [6, 6.07) is 11.5. The maximum Gasteiger partial charge on any atom is 0.337 e. The molecule has 0 radical (unpaired) electrons. The lowest BCUT2D eigenvalue weighted by molar-refractivity contribution is -0.139. The summed E-state index contributed by atoms with van der Waals surface area (Å²) in [5.74, 6) is -0.282. The van der Waals surface area contributed by atoms with Crippen molar-refractivity contribution in [3.63, 3.8) is 0 Å². The molecule has 2 rings (SSSR count). The minimum atomic E-state index is -0.282. The van der Waals surface area contributed by atoms with Gasteiger partial charge in [-0.15, -0.1) is 11.3 Å². The van der Waals surface area contributed by atoms with Crippen LogP contribution in [0.2, 0.25) is 0 Å². The first kappa shape index (κ1) is 11.7. The van der Waals surface area contributed by atoms with E-state index < -0.39 is 0 Å². The molecular formula is C13H13NO2S. The lowest BCUT2D eigenvalue weighted by Gasteiger charge is -2.08. The number of nitrogens with one attached hydrogen (secondary N) is 1. The maximum atomic E-state index is 11.5. The first-order valence-electron chi connectivity index (χ1n) is 5.29. The average molecular weight is 247 g/mol. The topological polar surface area (TPSA) is 38.3 Å². The zero-order valence-corrected chi connectivity index (χ0v) is 10.3. The highest BCUT2D eigenvalue weighted by molar-refractivity contribution is 7.10. The summed E-state index contributed by atoms with van der Waals surface area (Å²) in [6.07, 6.45) is 0.302. The van der Waals surface area contributed by atoms with E-state index in [1.807, 2.05) is 48.7 Å². The fraction of sp³-hybridized carbons (Fsp3) is 0.154. The molecule has 0 fully saturated rings. The Bertz CT molecular complexity index is 494. The highest BCUT2D eigenvalue weighted by Gasteiger charge is 2.06. The first-order chi connectivity index (χ1) is 8.25. The number of hydrogen-bond acceptors (Lipinski definition) is 4. The fourth-order valence-electron chi connectivity index (χ4n) is 1.39. The van der Waals surface area contributed by atoms with Gasteiger partial charge in [0, 0.05) is 4.88 Å². The molecule has 0 aliphatic carbocycles. The van der Waals surface area contributed by atoms with Crippen LogP contribution in [0, 0.1) is 6.92 Å². The van der Waals surface area contributed by atoms with E-state index >= 15 is 0 Å². The van der Waals surface area contributed by atoms with Gasteiger partial charge in [-0.3, -0.25) is 0 Å². The zero-order valence-electron chi connectivity index (χ0n) is 9.47. The molecule has 0 spiro atoms. The van der Waals surface area contributed by atoms with E-state index in [-0.39, 0.29) is 5.97 Å². The summed E-state index contributed by atoms with van der Waals surface area (Å²) in [5, 5.41) is 1.94. The van der Waals surface area contributed by atoms with Gasteiger partial charge in [-0.2, -0.15) is 0 Å². The molecule has 0 bridgehead atoms. The van der Waals surface area contributed by atoms with E-state index in [2.05, 4.69) is 5.48 Å². The molecule has 17 heavy (non-hydrogen) atoms. The number of rotatable bonds is 4. The van der Waals surface area contributed by atoms with Gasteiger partial charge in [-0.25, -0.2) is 10.3 Å². The summed E-state index contributed by atoms with van der Waals surface area (Å²) in [5.41, 5.74) is 4.53. The van der Waals surface area contributed by atoms with Gasteiger partial charge in [0.25, 0.3) is 0 Å². The van der Waals surface area contributed by atoms with Crippen molar-refractivity contribution in [1.82, 2.24) is 0 Å². The Hall–Kier alpha value is -1.81. The van der Waals surface area contributed by atoms with Crippen LogP contribution in [0.1, 0.15) is 10.4 Å². The second-order valence-electron chi connectivity index (χ2n) is 3.65. The van der Waals surface area contributed by atoms with Gasteiger partial charge in [0.05, 0.1) is 12.1 Å². The van der Waals surface area contributed by atoms with Crippen molar-refractivity contribution < 1.29 is 9.63 Å².